The van der Waals surface area contributed by atoms with E-state index in [0.29, 0.717) is 38.8 Å². The number of aliphatic hydroxyl groups is 1. The van der Waals surface area contributed by atoms with E-state index in [9.17, 15) is 24.3 Å². The normalized spacial score (nSPS) is 27.8. The third-order valence-electron chi connectivity index (χ3n) is 8.26. The quantitative estimate of drug-likeness (QED) is 0.285. The van der Waals surface area contributed by atoms with Crippen LogP contribution in [-0.2, 0) is 29.5 Å². The molecule has 2 N–H and O–H groups in total. The third-order valence-corrected chi connectivity index (χ3v) is 10.8. The largest absolute Gasteiger partial charge is 0.469 e. The van der Waals surface area contributed by atoms with Crippen LogP contribution in [0.5, 0.6) is 0 Å². The molecular weight excluding hydrogens is 492 g/mol. The minimum absolute atomic E-state index is 0.0737. The number of hydrogen-bond donors (Lipinski definition) is 2. The van der Waals surface area contributed by atoms with E-state index in [0.717, 1.165) is 29.8 Å². The molecule has 3 heterocycles. The van der Waals surface area contributed by atoms with E-state index in [4.69, 9.17) is 9.47 Å². The first-order valence-corrected chi connectivity index (χ1v) is 16.4. The second-order valence-electron chi connectivity index (χ2n) is 11.1. The van der Waals surface area contributed by atoms with Crippen LogP contribution < -0.4 is 9.80 Å². The fraction of sp³-hybridized carbons (Fsp3) is 0.667. The molecule has 0 unspecified atom stereocenters. The van der Waals surface area contributed by atoms with Crippen LogP contribution in [0.25, 0.3) is 0 Å². The molecule has 1 aromatic carbocycles. The molecule has 1 aromatic rings. The summed E-state index contributed by atoms with van der Waals surface area (Å²) >= 11 is 0. The van der Waals surface area contributed by atoms with Crippen LogP contribution in [0.2, 0.25) is 18.6 Å². The lowest BCUT2D eigenvalue weighted by Gasteiger charge is -2.33. The number of esters is 1. The topological polar surface area (TPSA) is 117 Å². The Morgan fingerprint density at radius 1 is 1.24 bits per heavy atom. The molecule has 0 aliphatic carbocycles. The van der Waals surface area contributed by atoms with Gasteiger partial charge in [-0.1, -0.05) is 6.92 Å². The Morgan fingerprint density at radius 2 is 2.00 bits per heavy atom. The second kappa shape index (κ2) is 10.8. The molecule has 2 amide bonds. The predicted octanol–water partition coefficient (Wildman–Crippen LogP) is 3.07. The molecule has 0 bridgehead atoms. The average Bonchev–Trinajstić information content (AvgIpc) is 3.28. The fourth-order valence-electron chi connectivity index (χ4n) is 6.57. The van der Waals surface area contributed by atoms with Crippen LogP contribution in [0.3, 0.4) is 0 Å². The zero-order chi connectivity index (χ0) is 27.0. The minimum Gasteiger partial charge on any atom is -0.469 e. The van der Waals surface area contributed by atoms with E-state index < -0.39 is 20.0 Å². The van der Waals surface area contributed by atoms with Gasteiger partial charge in [0.2, 0.25) is 5.91 Å². The summed E-state index contributed by atoms with van der Waals surface area (Å²) in [7, 11) is -1.42. The maximum absolute atomic E-state index is 14.3. The molecule has 4 rings (SSSR count). The second-order valence-corrected chi connectivity index (χ2v) is 15.0. The summed E-state index contributed by atoms with van der Waals surface area (Å²) in [6.45, 7) is 6.63. The van der Waals surface area contributed by atoms with Crippen LogP contribution in [0, 0.1) is 5.92 Å². The van der Waals surface area contributed by atoms with Gasteiger partial charge in [0.05, 0.1) is 18.9 Å². The van der Waals surface area contributed by atoms with Crippen LogP contribution >= 0.6 is 0 Å². The lowest BCUT2D eigenvalue weighted by atomic mass is 9.82. The zero-order valence-corrected chi connectivity index (χ0v) is 23.4. The van der Waals surface area contributed by atoms with Crippen molar-refractivity contribution in [3.63, 3.8) is 0 Å². The number of methoxy groups -OCH3 is 1. The van der Waals surface area contributed by atoms with E-state index in [1.807, 2.05) is 38.2 Å². The maximum Gasteiger partial charge on any atom is 0.305 e. The molecule has 2 saturated heterocycles. The van der Waals surface area contributed by atoms with E-state index in [1.54, 1.807) is 9.80 Å². The molecular formula is C27H40N2O7Si. The molecule has 4 atom stereocenters. The van der Waals surface area contributed by atoms with Gasteiger partial charge in [0.25, 0.3) is 5.91 Å². The lowest BCUT2D eigenvalue weighted by molar-refractivity contribution is -0.146. The summed E-state index contributed by atoms with van der Waals surface area (Å²) < 4.78 is 11.4. The van der Waals surface area contributed by atoms with Crippen LogP contribution in [0.15, 0.2) is 18.2 Å². The number of carbonyl (C=O) groups is 3. The highest BCUT2D eigenvalue weighted by atomic mass is 28.4. The van der Waals surface area contributed by atoms with Gasteiger partial charge in [0, 0.05) is 55.2 Å². The summed E-state index contributed by atoms with van der Waals surface area (Å²) in [6, 6.07) is 5.71. The monoisotopic (exact) mass is 532 g/mol. The Balaban J connectivity index is 1.75. The first-order chi connectivity index (χ1) is 17.6. The Morgan fingerprint density at radius 3 is 2.65 bits per heavy atom. The highest BCUT2D eigenvalue weighted by Gasteiger charge is 2.66. The predicted molar refractivity (Wildman–Crippen MR) is 142 cm³/mol. The molecule has 0 aromatic heterocycles. The molecule has 3 aliphatic heterocycles. The van der Waals surface area contributed by atoms with Crippen LogP contribution in [-0.4, -0.2) is 68.9 Å². The van der Waals surface area contributed by atoms with Crippen molar-refractivity contribution in [2.75, 3.05) is 36.6 Å². The van der Waals surface area contributed by atoms with Crippen molar-refractivity contribution in [1.82, 2.24) is 0 Å². The van der Waals surface area contributed by atoms with Crippen molar-refractivity contribution in [3.8, 4) is 0 Å². The van der Waals surface area contributed by atoms with Crippen molar-refractivity contribution >= 4 is 37.5 Å². The van der Waals surface area contributed by atoms with Gasteiger partial charge in [0.1, 0.15) is 0 Å². The molecule has 37 heavy (non-hydrogen) atoms. The minimum atomic E-state index is -2.78. The molecule has 1 spiro atoms. The Labute approximate surface area is 219 Å². The number of piperidine rings is 1. The maximum atomic E-state index is 14.3. The number of nitrogens with zero attached hydrogens (tertiary/aromatic N) is 2. The van der Waals surface area contributed by atoms with Gasteiger partial charge in [0.15, 0.2) is 13.9 Å². The van der Waals surface area contributed by atoms with Crippen molar-refractivity contribution in [2.24, 2.45) is 5.92 Å². The van der Waals surface area contributed by atoms with Gasteiger partial charge >= 0.3 is 5.97 Å². The summed E-state index contributed by atoms with van der Waals surface area (Å²) in [6.07, 6.45) is 3.67. The molecule has 3 aliphatic rings. The first kappa shape index (κ1) is 27.8. The SMILES string of the molecule is COC(=O)CCCCN1C(=O)[C@@]2(O[C@@H](CCO)[C@H]([Si](C)(C)O)[C@H]2C)c2cc(N3CCCCC3=O)ccc21. The van der Waals surface area contributed by atoms with E-state index in [2.05, 4.69) is 0 Å². The van der Waals surface area contributed by atoms with Crippen molar-refractivity contribution in [2.45, 2.75) is 82.2 Å². The summed E-state index contributed by atoms with van der Waals surface area (Å²) in [4.78, 5) is 53.3. The number of fused-ring (bicyclic) bond motifs is 2. The van der Waals surface area contributed by atoms with Crippen molar-refractivity contribution in [1.29, 1.82) is 0 Å². The van der Waals surface area contributed by atoms with Crippen molar-refractivity contribution in [3.05, 3.63) is 23.8 Å². The van der Waals surface area contributed by atoms with E-state index in [-0.39, 0.29) is 42.3 Å². The number of anilines is 2. The molecule has 9 nitrogen and oxygen atoms in total. The van der Waals surface area contributed by atoms with Gasteiger partial charge in [-0.3, -0.25) is 14.4 Å². The van der Waals surface area contributed by atoms with Gasteiger partial charge in [-0.25, -0.2) is 0 Å². The van der Waals surface area contributed by atoms with E-state index >= 15 is 0 Å². The van der Waals surface area contributed by atoms with Crippen molar-refractivity contribution < 1.29 is 33.8 Å². The number of ether oxygens (including phenoxy) is 2. The van der Waals surface area contributed by atoms with Gasteiger partial charge in [-0.05, 0) is 63.4 Å². The fourth-order valence-corrected chi connectivity index (χ4v) is 9.18. The van der Waals surface area contributed by atoms with Gasteiger partial charge in [-0.15, -0.1) is 0 Å². The summed E-state index contributed by atoms with van der Waals surface area (Å²) in [5, 5.41) is 9.77. The number of rotatable bonds is 9. The Kier molecular flexibility index (Phi) is 8.13. The van der Waals surface area contributed by atoms with E-state index in [1.165, 1.54) is 7.11 Å². The highest BCUT2D eigenvalue weighted by Crippen LogP contribution is 2.60. The number of unbranched alkanes of at least 4 members (excludes halogenated alkanes) is 1. The average molecular weight is 533 g/mol. The van der Waals surface area contributed by atoms with Gasteiger partial charge < -0.3 is 29.2 Å². The summed E-state index contributed by atoms with van der Waals surface area (Å²) in [5.74, 6) is -0.712. The third kappa shape index (κ3) is 4.96. The zero-order valence-electron chi connectivity index (χ0n) is 22.4. The lowest BCUT2D eigenvalue weighted by Crippen LogP contribution is -2.46. The smallest absolute Gasteiger partial charge is 0.305 e. The number of aliphatic hydroxyl groups excluding tert-OH is 1. The first-order valence-electron chi connectivity index (χ1n) is 13.4. The highest BCUT2D eigenvalue weighted by molar-refractivity contribution is 6.71. The molecule has 10 heteroatoms. The molecule has 204 valence electrons. The van der Waals surface area contributed by atoms with Gasteiger partial charge in [-0.2, -0.15) is 0 Å². The molecule has 2 fully saturated rings. The Hall–Kier alpha value is -2.27. The Bertz CT molecular complexity index is 1040. The standard InChI is InChI=1S/C27H40N2O7Si/c1-18-25(37(3,4)34)22(13-16-30)36-27(18)20-17-19(28-14-7-5-9-23(28)31)11-12-21(20)29(26(27)33)15-8-6-10-24(32)35-2/h11-12,17-18,22,25,30,34H,5-10,13-16H2,1-4H3/t18-,22+,25-,27+/m1/s1. The number of amides is 2. The summed E-state index contributed by atoms with van der Waals surface area (Å²) in [5.41, 5.74) is 0.656. The molecule has 0 radical (unpaired) electrons. The van der Waals surface area contributed by atoms with Crippen LogP contribution in [0.1, 0.15) is 57.4 Å². The molecule has 0 saturated carbocycles. The number of carbonyl (C=O) groups excluding carboxylic acids is 3. The van der Waals surface area contributed by atoms with Crippen LogP contribution in [0.4, 0.5) is 11.4 Å². The number of hydrogen-bond acceptors (Lipinski definition) is 7. The number of benzene rings is 1.